The predicted molar refractivity (Wildman–Crippen MR) is 203 cm³/mol. The number of hydrogen-bond donors (Lipinski definition) is 2. The molecule has 0 radical (unpaired) electrons. The van der Waals surface area contributed by atoms with Gasteiger partial charge < -0.3 is 9.97 Å². The van der Waals surface area contributed by atoms with Crippen LogP contribution in [0.5, 0.6) is 0 Å². The van der Waals surface area contributed by atoms with Crippen LogP contribution in [0.15, 0.2) is 133 Å². The lowest BCUT2D eigenvalue weighted by Crippen LogP contribution is -1.89. The van der Waals surface area contributed by atoms with Crippen LogP contribution in [0.4, 0.5) is 0 Å². The summed E-state index contributed by atoms with van der Waals surface area (Å²) in [6, 6.07) is 47.2. The number of fused-ring (bicyclic) bond motifs is 11. The SMILES string of the molecule is Cc1ccc2c(c1)C1=Cc3nc1c-2c1ccc([nH]1)c(-c1ccccc1)c1nc(c(-c2ccccc2)c2ccc([nH]2)c3-c2ccccc2)C=C1. The Hall–Kier alpha value is -6.52. The predicted octanol–water partition coefficient (Wildman–Crippen LogP) is 11.4. The molecule has 230 valence electrons. The zero-order chi connectivity index (χ0) is 32.5. The van der Waals surface area contributed by atoms with Crippen LogP contribution in [0.1, 0.15) is 33.9 Å². The van der Waals surface area contributed by atoms with Gasteiger partial charge in [0.05, 0.1) is 22.8 Å². The number of benzene rings is 4. The highest BCUT2D eigenvalue weighted by atomic mass is 14.8. The minimum atomic E-state index is 0.914. The number of nitrogens with one attached hydrogen (secondary N) is 2. The van der Waals surface area contributed by atoms with Crippen LogP contribution in [0.25, 0.3) is 90.4 Å². The van der Waals surface area contributed by atoms with Crippen molar-refractivity contribution in [2.24, 2.45) is 0 Å². The van der Waals surface area contributed by atoms with Crippen molar-refractivity contribution in [1.82, 2.24) is 19.9 Å². The highest BCUT2D eigenvalue weighted by Gasteiger charge is 2.30. The Bertz CT molecular complexity index is 2690. The molecular formula is C45H30N4. The van der Waals surface area contributed by atoms with Gasteiger partial charge in [0.25, 0.3) is 0 Å². The number of H-pyrrole nitrogens is 2. The van der Waals surface area contributed by atoms with Crippen LogP contribution in [0.3, 0.4) is 0 Å². The molecular weight excluding hydrogens is 597 g/mol. The van der Waals surface area contributed by atoms with E-state index in [4.69, 9.17) is 9.97 Å². The molecule has 0 spiro atoms. The molecule has 2 aliphatic heterocycles. The number of aromatic nitrogens is 4. The van der Waals surface area contributed by atoms with Crippen molar-refractivity contribution in [3.63, 3.8) is 0 Å². The molecule has 4 heteroatoms. The lowest BCUT2D eigenvalue weighted by Gasteiger charge is -2.07. The molecule has 0 saturated carbocycles. The van der Waals surface area contributed by atoms with Gasteiger partial charge in [-0.25, -0.2) is 9.97 Å². The molecule has 4 aromatic carbocycles. The Morgan fingerprint density at radius 3 is 1.41 bits per heavy atom. The van der Waals surface area contributed by atoms with Gasteiger partial charge in [0.2, 0.25) is 0 Å². The van der Waals surface area contributed by atoms with Crippen molar-refractivity contribution >= 4 is 45.9 Å². The van der Waals surface area contributed by atoms with E-state index in [1.54, 1.807) is 0 Å². The first-order valence-electron chi connectivity index (χ1n) is 16.7. The summed E-state index contributed by atoms with van der Waals surface area (Å²) in [6.45, 7) is 2.16. The van der Waals surface area contributed by atoms with Crippen LogP contribution in [0, 0.1) is 6.92 Å². The lowest BCUT2D eigenvalue weighted by molar-refractivity contribution is 1.31. The largest absolute Gasteiger partial charge is 0.354 e. The Morgan fingerprint density at radius 1 is 0.429 bits per heavy atom. The van der Waals surface area contributed by atoms with Crippen molar-refractivity contribution in [2.45, 2.75) is 6.92 Å². The van der Waals surface area contributed by atoms with Gasteiger partial charge in [-0.05, 0) is 77.2 Å². The molecule has 1 aliphatic carbocycles. The van der Waals surface area contributed by atoms with Gasteiger partial charge in [-0.15, -0.1) is 0 Å². The fourth-order valence-electron chi connectivity index (χ4n) is 7.59. The van der Waals surface area contributed by atoms with Crippen LogP contribution < -0.4 is 0 Å². The molecule has 3 aliphatic rings. The summed E-state index contributed by atoms with van der Waals surface area (Å²) in [5, 5.41) is 0. The molecule has 49 heavy (non-hydrogen) atoms. The fraction of sp³-hybridized carbons (Fsp3) is 0.0222. The van der Waals surface area contributed by atoms with Crippen LogP contribution in [-0.2, 0) is 0 Å². The van der Waals surface area contributed by atoms with Gasteiger partial charge in [0, 0.05) is 49.9 Å². The number of aryl methyl sites for hydroxylation is 1. The summed E-state index contributed by atoms with van der Waals surface area (Å²) < 4.78 is 0. The van der Waals surface area contributed by atoms with Crippen molar-refractivity contribution in [1.29, 1.82) is 0 Å². The Kier molecular flexibility index (Phi) is 6.06. The van der Waals surface area contributed by atoms with Crippen LogP contribution >= 0.6 is 0 Å². The second kappa shape index (κ2) is 10.8. The van der Waals surface area contributed by atoms with Crippen molar-refractivity contribution in [3.8, 4) is 44.5 Å². The highest BCUT2D eigenvalue weighted by molar-refractivity contribution is 6.12. The molecule has 2 N–H and O–H groups in total. The molecule has 0 saturated heterocycles. The van der Waals surface area contributed by atoms with E-state index < -0.39 is 0 Å². The topological polar surface area (TPSA) is 57.4 Å². The van der Waals surface area contributed by atoms with E-state index in [0.717, 1.165) is 89.4 Å². The molecule has 5 heterocycles. The van der Waals surface area contributed by atoms with Crippen LogP contribution in [0.2, 0.25) is 0 Å². The maximum Gasteiger partial charge on any atom is 0.0816 e. The first-order chi connectivity index (χ1) is 24.2. The number of hydrogen-bond acceptors (Lipinski definition) is 2. The third-order valence-electron chi connectivity index (χ3n) is 9.78. The highest BCUT2D eigenvalue weighted by Crippen LogP contribution is 2.49. The van der Waals surface area contributed by atoms with E-state index in [2.05, 4.69) is 169 Å². The van der Waals surface area contributed by atoms with Gasteiger partial charge in [-0.2, -0.15) is 0 Å². The molecule has 0 fully saturated rings. The third-order valence-corrected chi connectivity index (χ3v) is 9.78. The number of rotatable bonds is 3. The van der Waals surface area contributed by atoms with Crippen molar-refractivity contribution < 1.29 is 0 Å². The molecule has 4 nitrogen and oxygen atoms in total. The Labute approximate surface area is 283 Å². The van der Waals surface area contributed by atoms with Gasteiger partial charge in [-0.3, -0.25) is 0 Å². The maximum absolute atomic E-state index is 5.48. The molecule has 10 rings (SSSR count). The van der Waals surface area contributed by atoms with E-state index in [1.165, 1.54) is 16.7 Å². The normalized spacial score (nSPS) is 12.6. The quantitative estimate of drug-likeness (QED) is 0.205. The monoisotopic (exact) mass is 626 g/mol. The molecule has 0 atom stereocenters. The Morgan fingerprint density at radius 2 is 0.898 bits per heavy atom. The summed E-state index contributed by atoms with van der Waals surface area (Å²) in [6.07, 6.45) is 6.57. The molecule has 7 aromatic rings. The van der Waals surface area contributed by atoms with Gasteiger partial charge in [0.1, 0.15) is 0 Å². The standard InChI is InChI=1S/C45H30N4/c1-27-17-18-31-32(25-27)33-26-40-43(30-15-9-4-10-16-30)38-22-21-36(47-38)41(28-11-5-2-6-12-28)34-19-20-35(46-34)42(29-13-7-3-8-14-29)37-23-24-39(48-37)44(31)45(33)49-40/h2-26,47-48H,1H3. The molecule has 3 aromatic heterocycles. The summed E-state index contributed by atoms with van der Waals surface area (Å²) in [5.74, 6) is 0. The van der Waals surface area contributed by atoms with Crippen LogP contribution in [-0.4, -0.2) is 19.9 Å². The maximum atomic E-state index is 5.48. The molecule has 0 unspecified atom stereocenters. The van der Waals surface area contributed by atoms with E-state index in [-0.39, 0.29) is 0 Å². The Balaban J connectivity index is 1.42. The second-order valence-corrected chi connectivity index (χ2v) is 12.8. The third kappa shape index (κ3) is 4.38. The van der Waals surface area contributed by atoms with Crippen molar-refractivity contribution in [3.05, 3.63) is 167 Å². The fourth-order valence-corrected chi connectivity index (χ4v) is 7.59. The van der Waals surface area contributed by atoms with E-state index in [9.17, 15) is 0 Å². The molecule has 0 amide bonds. The average Bonchev–Trinajstić information content (AvgIpc) is 3.98. The minimum absolute atomic E-state index is 0.914. The summed E-state index contributed by atoms with van der Waals surface area (Å²) >= 11 is 0. The summed E-state index contributed by atoms with van der Waals surface area (Å²) in [5.41, 5.74) is 20.3. The van der Waals surface area contributed by atoms with Crippen molar-refractivity contribution in [2.75, 3.05) is 0 Å². The first kappa shape index (κ1) is 27.6. The molecule has 8 bridgehead atoms. The minimum Gasteiger partial charge on any atom is -0.354 e. The van der Waals surface area contributed by atoms with Gasteiger partial charge >= 0.3 is 0 Å². The number of nitrogens with zero attached hydrogens (tertiary/aromatic N) is 2. The smallest absolute Gasteiger partial charge is 0.0816 e. The lowest BCUT2D eigenvalue weighted by atomic mass is 10.00. The summed E-state index contributed by atoms with van der Waals surface area (Å²) in [4.78, 5) is 18.5. The van der Waals surface area contributed by atoms with E-state index >= 15 is 0 Å². The zero-order valence-electron chi connectivity index (χ0n) is 26.8. The van der Waals surface area contributed by atoms with E-state index in [1.807, 2.05) is 0 Å². The first-order valence-corrected chi connectivity index (χ1v) is 16.7. The average molecular weight is 627 g/mol. The summed E-state index contributed by atoms with van der Waals surface area (Å²) in [7, 11) is 0. The zero-order valence-corrected chi connectivity index (χ0v) is 26.8. The van der Waals surface area contributed by atoms with Gasteiger partial charge in [-0.1, -0.05) is 115 Å². The number of aromatic amines is 2. The second-order valence-electron chi connectivity index (χ2n) is 12.8. The van der Waals surface area contributed by atoms with E-state index in [0.29, 0.717) is 0 Å². The van der Waals surface area contributed by atoms with Gasteiger partial charge in [0.15, 0.2) is 0 Å².